The Morgan fingerprint density at radius 3 is 2.46 bits per heavy atom. The Hall–Kier alpha value is -1.68. The molecule has 1 heterocycles. The zero-order valence-corrected chi connectivity index (χ0v) is 14.9. The zero-order valence-electron chi connectivity index (χ0n) is 13.3. The van der Waals surface area contributed by atoms with Crippen molar-refractivity contribution in [3.63, 3.8) is 0 Å². The molecule has 0 radical (unpaired) electrons. The lowest BCUT2D eigenvalue weighted by molar-refractivity contribution is 0.269. The third-order valence-corrected chi connectivity index (χ3v) is 5.94. The summed E-state index contributed by atoms with van der Waals surface area (Å²) in [6, 6.07) is 5.82. The predicted octanol–water partition coefficient (Wildman–Crippen LogP) is 3.00. The Labute approximate surface area is 154 Å². The largest absolute Gasteiger partial charge is 0.313 e. The third-order valence-electron chi connectivity index (χ3n) is 4.01. The summed E-state index contributed by atoms with van der Waals surface area (Å²) in [5.41, 5.74) is 0.374. The highest BCUT2D eigenvalue weighted by Gasteiger charge is 2.37. The van der Waals surface area contributed by atoms with Crippen molar-refractivity contribution < 1.29 is 26.0 Å². The molecule has 1 aliphatic heterocycles. The first-order valence-electron chi connectivity index (χ1n) is 7.44. The second-order valence-electron chi connectivity index (χ2n) is 5.56. The molecule has 2 aromatic carbocycles. The van der Waals surface area contributed by atoms with Gasteiger partial charge in [-0.2, -0.15) is 4.31 Å². The lowest BCUT2D eigenvalue weighted by atomic mass is 10.1. The van der Waals surface area contributed by atoms with E-state index in [1.54, 1.807) is 6.07 Å². The van der Waals surface area contributed by atoms with Gasteiger partial charge in [0, 0.05) is 19.6 Å². The van der Waals surface area contributed by atoms with E-state index >= 15 is 0 Å². The fourth-order valence-electron chi connectivity index (χ4n) is 2.81. The maximum atomic E-state index is 14.0. The summed E-state index contributed by atoms with van der Waals surface area (Å²) in [6.07, 6.45) is 0. The highest BCUT2D eigenvalue weighted by molar-refractivity contribution is 7.89. The second kappa shape index (κ2) is 7.91. The molecule has 142 valence electrons. The van der Waals surface area contributed by atoms with Crippen molar-refractivity contribution in [2.75, 3.05) is 19.6 Å². The Morgan fingerprint density at radius 2 is 1.77 bits per heavy atom. The van der Waals surface area contributed by atoms with Crippen molar-refractivity contribution in [1.29, 1.82) is 0 Å². The normalized spacial score (nSPS) is 18.4. The molecule has 2 aromatic rings. The summed E-state index contributed by atoms with van der Waals surface area (Å²) in [6.45, 7) is 0.437. The summed E-state index contributed by atoms with van der Waals surface area (Å²) >= 11 is 0. The first kappa shape index (κ1) is 20.6. The predicted molar refractivity (Wildman–Crippen MR) is 89.5 cm³/mol. The van der Waals surface area contributed by atoms with Crippen molar-refractivity contribution in [2.24, 2.45) is 0 Å². The molecule has 3 rings (SSSR count). The van der Waals surface area contributed by atoms with E-state index in [9.17, 15) is 26.0 Å². The van der Waals surface area contributed by atoms with Crippen molar-refractivity contribution in [3.05, 3.63) is 65.2 Å². The summed E-state index contributed by atoms with van der Waals surface area (Å²) in [5, 5.41) is 2.99. The molecule has 1 N–H and O–H groups in total. The van der Waals surface area contributed by atoms with E-state index in [2.05, 4.69) is 5.32 Å². The van der Waals surface area contributed by atoms with E-state index < -0.39 is 44.2 Å². The van der Waals surface area contributed by atoms with Crippen molar-refractivity contribution in [3.8, 4) is 0 Å². The van der Waals surface area contributed by atoms with E-state index in [1.807, 2.05) is 0 Å². The number of benzene rings is 2. The average molecular weight is 411 g/mol. The third kappa shape index (κ3) is 3.71. The van der Waals surface area contributed by atoms with E-state index in [4.69, 9.17) is 0 Å². The van der Waals surface area contributed by atoms with Gasteiger partial charge in [0.1, 0.15) is 10.7 Å². The molecular formula is C16H15ClF4N2O2S. The van der Waals surface area contributed by atoms with Gasteiger partial charge in [0.05, 0.1) is 6.04 Å². The average Bonchev–Trinajstić information content (AvgIpc) is 2.59. The summed E-state index contributed by atoms with van der Waals surface area (Å²) in [4.78, 5) is -0.949. The van der Waals surface area contributed by atoms with Gasteiger partial charge in [-0.3, -0.25) is 0 Å². The number of hydrogen-bond donors (Lipinski definition) is 1. The van der Waals surface area contributed by atoms with Crippen LogP contribution < -0.4 is 5.32 Å². The molecule has 4 nitrogen and oxygen atoms in total. The zero-order chi connectivity index (χ0) is 18.2. The van der Waals surface area contributed by atoms with E-state index in [0.717, 1.165) is 4.31 Å². The number of hydrogen-bond acceptors (Lipinski definition) is 3. The van der Waals surface area contributed by atoms with Crippen LogP contribution in [0.5, 0.6) is 0 Å². The second-order valence-corrected chi connectivity index (χ2v) is 7.42. The number of sulfonamides is 1. The summed E-state index contributed by atoms with van der Waals surface area (Å²) in [5.74, 6) is -5.63. The molecule has 1 unspecified atom stereocenters. The summed E-state index contributed by atoms with van der Waals surface area (Å²) < 4.78 is 80.7. The summed E-state index contributed by atoms with van der Waals surface area (Å²) in [7, 11) is -4.45. The van der Waals surface area contributed by atoms with Crippen LogP contribution in [0.3, 0.4) is 0 Å². The van der Waals surface area contributed by atoms with Gasteiger partial charge in [-0.25, -0.2) is 26.0 Å². The van der Waals surface area contributed by atoms with Crippen LogP contribution in [0.2, 0.25) is 0 Å². The number of piperazine rings is 1. The van der Waals surface area contributed by atoms with Crippen LogP contribution in [-0.4, -0.2) is 32.4 Å². The van der Waals surface area contributed by atoms with E-state index in [1.165, 1.54) is 18.2 Å². The topological polar surface area (TPSA) is 49.4 Å². The minimum absolute atomic E-state index is 0. The van der Waals surface area contributed by atoms with Gasteiger partial charge >= 0.3 is 0 Å². The maximum absolute atomic E-state index is 14.0. The fourth-order valence-corrected chi connectivity index (χ4v) is 4.48. The van der Waals surface area contributed by atoms with Crippen LogP contribution in [0.4, 0.5) is 17.6 Å². The van der Waals surface area contributed by atoms with Gasteiger partial charge in [0.15, 0.2) is 17.5 Å². The molecule has 1 aliphatic rings. The molecular weight excluding hydrogens is 396 g/mol. The molecule has 0 spiro atoms. The Bertz CT molecular complexity index is 911. The minimum atomic E-state index is -4.45. The van der Waals surface area contributed by atoms with Gasteiger partial charge in [-0.05, 0) is 29.8 Å². The first-order chi connectivity index (χ1) is 11.8. The van der Waals surface area contributed by atoms with E-state index in [0.29, 0.717) is 17.7 Å². The molecule has 0 saturated carbocycles. The van der Waals surface area contributed by atoms with Gasteiger partial charge < -0.3 is 5.32 Å². The molecule has 0 amide bonds. The minimum Gasteiger partial charge on any atom is -0.313 e. The van der Waals surface area contributed by atoms with Gasteiger partial charge in [0.2, 0.25) is 10.0 Å². The Morgan fingerprint density at radius 1 is 1.04 bits per heavy atom. The van der Waals surface area contributed by atoms with Crippen molar-refractivity contribution >= 4 is 22.4 Å². The van der Waals surface area contributed by atoms with Crippen LogP contribution >= 0.6 is 12.4 Å². The highest BCUT2D eigenvalue weighted by atomic mass is 35.5. The first-order valence-corrected chi connectivity index (χ1v) is 8.88. The van der Waals surface area contributed by atoms with Crippen molar-refractivity contribution in [2.45, 2.75) is 10.9 Å². The van der Waals surface area contributed by atoms with Crippen LogP contribution in [0.25, 0.3) is 0 Å². The molecule has 1 saturated heterocycles. The van der Waals surface area contributed by atoms with Gasteiger partial charge in [-0.1, -0.05) is 12.1 Å². The fraction of sp³-hybridized carbons (Fsp3) is 0.250. The Balaban J connectivity index is 0.00000243. The molecule has 0 bridgehead atoms. The standard InChI is InChI=1S/C16H14F4N2O2S.ClH/c17-11-3-1-2-10(8-11)13-9-21-6-7-22(13)25(23,24)14-5-4-12(18)15(19)16(14)20;/h1-5,8,13,21H,6-7,9H2;1H. The molecule has 1 atom stereocenters. The van der Waals surface area contributed by atoms with Crippen molar-refractivity contribution in [1.82, 2.24) is 9.62 Å². The molecule has 26 heavy (non-hydrogen) atoms. The maximum Gasteiger partial charge on any atom is 0.246 e. The van der Waals surface area contributed by atoms with Gasteiger partial charge in [0.25, 0.3) is 0 Å². The lowest BCUT2D eigenvalue weighted by Crippen LogP contribution is -2.48. The van der Waals surface area contributed by atoms with E-state index in [-0.39, 0.29) is 32.0 Å². The Kier molecular flexibility index (Phi) is 6.28. The lowest BCUT2D eigenvalue weighted by Gasteiger charge is -2.35. The molecule has 1 fully saturated rings. The van der Waals surface area contributed by atoms with Crippen LogP contribution in [0.1, 0.15) is 11.6 Å². The monoisotopic (exact) mass is 410 g/mol. The number of nitrogens with zero attached hydrogens (tertiary/aromatic N) is 1. The quantitative estimate of drug-likeness (QED) is 0.625. The van der Waals surface area contributed by atoms with Crippen LogP contribution in [0.15, 0.2) is 41.3 Å². The van der Waals surface area contributed by atoms with Gasteiger partial charge in [-0.15, -0.1) is 12.4 Å². The SMILES string of the molecule is Cl.O=S(=O)(c1ccc(F)c(F)c1F)N1CCNCC1c1cccc(F)c1. The smallest absolute Gasteiger partial charge is 0.246 e. The number of halogens is 5. The number of nitrogens with one attached hydrogen (secondary N) is 1. The number of rotatable bonds is 3. The van der Waals surface area contributed by atoms with Crippen LogP contribution in [0, 0.1) is 23.3 Å². The van der Waals surface area contributed by atoms with Crippen LogP contribution in [-0.2, 0) is 10.0 Å². The molecule has 10 heteroatoms. The highest BCUT2D eigenvalue weighted by Crippen LogP contribution is 2.31. The molecule has 0 aliphatic carbocycles. The molecule has 0 aromatic heterocycles.